The van der Waals surface area contributed by atoms with E-state index in [0.29, 0.717) is 11.6 Å². The van der Waals surface area contributed by atoms with Crippen LogP contribution in [0.4, 0.5) is 5.69 Å². The van der Waals surface area contributed by atoms with Gasteiger partial charge in [-0.2, -0.15) is 0 Å². The number of anilines is 1. The zero-order valence-electron chi connectivity index (χ0n) is 12.1. The highest BCUT2D eigenvalue weighted by molar-refractivity contribution is 7.99. The third-order valence-electron chi connectivity index (χ3n) is 3.68. The lowest BCUT2D eigenvalue weighted by Crippen LogP contribution is -2.11. The van der Waals surface area contributed by atoms with Crippen molar-refractivity contribution in [2.75, 3.05) is 18.2 Å². The quantitative estimate of drug-likeness (QED) is 0.868. The van der Waals surface area contributed by atoms with Crippen molar-refractivity contribution in [3.63, 3.8) is 0 Å². The predicted molar refractivity (Wildman–Crippen MR) is 86.0 cm³/mol. The summed E-state index contributed by atoms with van der Waals surface area (Å²) < 4.78 is 4.75. The van der Waals surface area contributed by atoms with E-state index in [9.17, 15) is 4.79 Å². The Morgan fingerprint density at radius 3 is 2.86 bits per heavy atom. The number of carbonyl (C=O) groups excluding carboxylic acids is 1. The van der Waals surface area contributed by atoms with Crippen LogP contribution in [0.3, 0.4) is 0 Å². The summed E-state index contributed by atoms with van der Waals surface area (Å²) in [4.78, 5) is 12.9. The van der Waals surface area contributed by atoms with Crippen molar-refractivity contribution in [1.29, 1.82) is 0 Å². The molecule has 0 saturated carbocycles. The number of fused-ring (bicyclic) bond motifs is 1. The van der Waals surface area contributed by atoms with E-state index in [1.165, 1.54) is 17.6 Å². The highest BCUT2D eigenvalue weighted by Gasteiger charge is 2.22. The number of esters is 1. The lowest BCUT2D eigenvalue weighted by molar-refractivity contribution is 0.0600. The number of benzene rings is 2. The van der Waals surface area contributed by atoms with Crippen LogP contribution in [0.25, 0.3) is 0 Å². The van der Waals surface area contributed by atoms with Crippen LogP contribution in [0.1, 0.15) is 27.5 Å². The molecule has 1 aliphatic rings. The Hall–Kier alpha value is -1.94. The van der Waals surface area contributed by atoms with Crippen molar-refractivity contribution >= 4 is 23.4 Å². The van der Waals surface area contributed by atoms with Crippen LogP contribution in [0.15, 0.2) is 47.4 Å². The number of thioether (sulfide) groups is 1. The van der Waals surface area contributed by atoms with Crippen molar-refractivity contribution < 1.29 is 9.53 Å². The highest BCUT2D eigenvalue weighted by Crippen LogP contribution is 2.39. The molecular formula is C17H17NO2S. The maximum absolute atomic E-state index is 11.5. The molecule has 3 nitrogen and oxygen atoms in total. The van der Waals surface area contributed by atoms with Crippen LogP contribution in [0, 0.1) is 6.92 Å². The Morgan fingerprint density at radius 2 is 2.10 bits per heavy atom. The summed E-state index contributed by atoms with van der Waals surface area (Å²) in [5, 5.41) is 3.58. The summed E-state index contributed by atoms with van der Waals surface area (Å²) >= 11 is 1.88. The number of hydrogen-bond donors (Lipinski definition) is 1. The number of rotatable bonds is 3. The maximum Gasteiger partial charge on any atom is 0.337 e. The van der Waals surface area contributed by atoms with Gasteiger partial charge in [0.25, 0.3) is 0 Å². The van der Waals surface area contributed by atoms with E-state index in [2.05, 4.69) is 29.6 Å². The summed E-state index contributed by atoms with van der Waals surface area (Å²) in [7, 11) is 1.40. The molecule has 0 aromatic heterocycles. The average Bonchev–Trinajstić information content (AvgIpc) is 2.92. The Kier molecular flexibility index (Phi) is 3.88. The second-order valence-electron chi connectivity index (χ2n) is 5.07. The fraction of sp³-hybridized carbons (Fsp3) is 0.235. The van der Waals surface area contributed by atoms with Gasteiger partial charge in [-0.05, 0) is 42.3 Å². The van der Waals surface area contributed by atoms with Crippen molar-refractivity contribution in [2.24, 2.45) is 0 Å². The first-order valence-corrected chi connectivity index (χ1v) is 7.85. The van der Waals surface area contributed by atoms with E-state index in [4.69, 9.17) is 4.74 Å². The fourth-order valence-corrected chi connectivity index (χ4v) is 3.70. The molecule has 0 aliphatic carbocycles. The van der Waals surface area contributed by atoms with Crippen molar-refractivity contribution in [2.45, 2.75) is 17.9 Å². The molecule has 0 fully saturated rings. The van der Waals surface area contributed by atoms with E-state index in [1.807, 2.05) is 30.8 Å². The summed E-state index contributed by atoms with van der Waals surface area (Å²) in [5.41, 5.74) is 4.04. The second-order valence-corrected chi connectivity index (χ2v) is 6.13. The van der Waals surface area contributed by atoms with Gasteiger partial charge in [-0.25, -0.2) is 4.79 Å². The molecule has 0 bridgehead atoms. The molecule has 21 heavy (non-hydrogen) atoms. The fourth-order valence-electron chi connectivity index (χ4n) is 2.54. The molecular weight excluding hydrogens is 282 g/mol. The molecule has 4 heteroatoms. The molecule has 1 N–H and O–H groups in total. The van der Waals surface area contributed by atoms with Gasteiger partial charge in [0, 0.05) is 16.3 Å². The van der Waals surface area contributed by atoms with Crippen LogP contribution in [-0.2, 0) is 4.74 Å². The van der Waals surface area contributed by atoms with Gasteiger partial charge in [0.1, 0.15) is 0 Å². The number of hydrogen-bond acceptors (Lipinski definition) is 4. The van der Waals surface area contributed by atoms with Gasteiger partial charge >= 0.3 is 5.97 Å². The molecule has 3 rings (SSSR count). The Labute approximate surface area is 128 Å². The molecule has 0 radical (unpaired) electrons. The molecule has 1 aliphatic heterocycles. The predicted octanol–water partition coefficient (Wildman–Crippen LogP) is 4.04. The first-order valence-electron chi connectivity index (χ1n) is 6.86. The van der Waals surface area contributed by atoms with Gasteiger partial charge in [0.15, 0.2) is 0 Å². The minimum Gasteiger partial charge on any atom is -0.465 e. The summed E-state index contributed by atoms with van der Waals surface area (Å²) in [5.74, 6) is 0.726. The third-order valence-corrected chi connectivity index (χ3v) is 4.86. The van der Waals surface area contributed by atoms with E-state index < -0.39 is 0 Å². The molecule has 0 saturated heterocycles. The number of aryl methyl sites for hydroxylation is 1. The number of ether oxygens (including phenoxy) is 1. The largest absolute Gasteiger partial charge is 0.465 e. The number of nitrogens with one attached hydrogen (secondary N) is 1. The molecule has 1 atom stereocenters. The minimum absolute atomic E-state index is 0.300. The Morgan fingerprint density at radius 1 is 1.29 bits per heavy atom. The lowest BCUT2D eigenvalue weighted by atomic mass is 10.1. The normalized spacial score (nSPS) is 16.4. The van der Waals surface area contributed by atoms with E-state index >= 15 is 0 Å². The third kappa shape index (κ3) is 2.76. The van der Waals surface area contributed by atoms with Gasteiger partial charge in [0.05, 0.1) is 18.7 Å². The topological polar surface area (TPSA) is 38.3 Å². The zero-order chi connectivity index (χ0) is 14.8. The van der Waals surface area contributed by atoms with E-state index in [0.717, 1.165) is 17.0 Å². The van der Waals surface area contributed by atoms with Gasteiger partial charge in [-0.1, -0.05) is 18.2 Å². The monoisotopic (exact) mass is 299 g/mol. The summed E-state index contributed by atoms with van der Waals surface area (Å²) in [6.07, 6.45) is 0. The van der Waals surface area contributed by atoms with Crippen molar-refractivity contribution in [3.05, 3.63) is 59.2 Å². The van der Waals surface area contributed by atoms with Gasteiger partial charge < -0.3 is 10.1 Å². The molecule has 0 spiro atoms. The standard InChI is InChI=1S/C17H17NO2S/c1-11-9-12(17(19)20-2)7-8-14(11)18-15-10-21-16-6-4-3-5-13(15)16/h3-9,15,18H,10H2,1-2H3. The van der Waals surface area contributed by atoms with Crippen LogP contribution in [0.2, 0.25) is 0 Å². The van der Waals surface area contributed by atoms with Crippen LogP contribution in [-0.4, -0.2) is 18.8 Å². The first-order chi connectivity index (χ1) is 10.2. The molecule has 2 aromatic carbocycles. The van der Waals surface area contributed by atoms with Crippen molar-refractivity contribution in [3.8, 4) is 0 Å². The molecule has 1 unspecified atom stereocenters. The number of methoxy groups -OCH3 is 1. The minimum atomic E-state index is -0.300. The SMILES string of the molecule is COC(=O)c1ccc(NC2CSc3ccccc32)c(C)c1. The van der Waals surface area contributed by atoms with Crippen molar-refractivity contribution in [1.82, 2.24) is 0 Å². The lowest BCUT2D eigenvalue weighted by Gasteiger charge is -2.17. The number of carbonyl (C=O) groups is 1. The molecule has 108 valence electrons. The molecule has 0 amide bonds. The summed E-state index contributed by atoms with van der Waals surface area (Å²) in [6.45, 7) is 2.00. The first kappa shape index (κ1) is 14.0. The van der Waals surface area contributed by atoms with Crippen LogP contribution < -0.4 is 5.32 Å². The maximum atomic E-state index is 11.5. The molecule has 1 heterocycles. The second kappa shape index (κ2) is 5.82. The van der Waals surface area contributed by atoms with Gasteiger partial charge in [-0.15, -0.1) is 11.8 Å². The smallest absolute Gasteiger partial charge is 0.337 e. The van der Waals surface area contributed by atoms with Crippen LogP contribution >= 0.6 is 11.8 Å². The summed E-state index contributed by atoms with van der Waals surface area (Å²) in [6, 6.07) is 14.4. The van der Waals surface area contributed by atoms with Gasteiger partial charge in [0.2, 0.25) is 0 Å². The Bertz CT molecular complexity index is 684. The molecule has 2 aromatic rings. The average molecular weight is 299 g/mol. The van der Waals surface area contributed by atoms with E-state index in [-0.39, 0.29) is 5.97 Å². The Balaban J connectivity index is 1.82. The highest BCUT2D eigenvalue weighted by atomic mass is 32.2. The zero-order valence-corrected chi connectivity index (χ0v) is 12.9. The van der Waals surface area contributed by atoms with Crippen LogP contribution in [0.5, 0.6) is 0 Å². The van der Waals surface area contributed by atoms with E-state index in [1.54, 1.807) is 6.07 Å². The van der Waals surface area contributed by atoms with Gasteiger partial charge in [-0.3, -0.25) is 0 Å².